The highest BCUT2D eigenvalue weighted by Gasteiger charge is 2.03. The summed E-state index contributed by atoms with van der Waals surface area (Å²) in [5.41, 5.74) is 4.62. The van der Waals surface area contributed by atoms with Gasteiger partial charge in [0.2, 0.25) is 0 Å². The number of rotatable bonds is 3. The van der Waals surface area contributed by atoms with E-state index in [9.17, 15) is 0 Å². The molecule has 18 heavy (non-hydrogen) atoms. The molecule has 0 unspecified atom stereocenters. The van der Waals surface area contributed by atoms with Crippen molar-refractivity contribution < 1.29 is 0 Å². The summed E-state index contributed by atoms with van der Waals surface area (Å²) in [6, 6.07) is 8.42. The normalized spacial score (nSPS) is 10.4. The third-order valence-electron chi connectivity index (χ3n) is 2.57. The Kier molecular flexibility index (Phi) is 4.25. The van der Waals surface area contributed by atoms with E-state index in [0.29, 0.717) is 5.15 Å². The molecule has 2 rings (SSSR count). The van der Waals surface area contributed by atoms with Crippen molar-refractivity contribution in [3.05, 3.63) is 56.8 Å². The lowest BCUT2D eigenvalue weighted by atomic mass is 10.1. The van der Waals surface area contributed by atoms with Crippen LogP contribution >= 0.6 is 27.5 Å². The number of nitrogens with zero attached hydrogens (tertiary/aromatic N) is 1. The molecule has 2 nitrogen and oxygen atoms in total. The molecule has 0 saturated heterocycles. The van der Waals surface area contributed by atoms with Crippen LogP contribution < -0.4 is 5.32 Å². The van der Waals surface area contributed by atoms with Crippen LogP contribution in [-0.4, -0.2) is 4.98 Å². The summed E-state index contributed by atoms with van der Waals surface area (Å²) in [6.07, 6.45) is 1.68. The summed E-state index contributed by atoms with van der Waals surface area (Å²) in [5.74, 6) is 0. The summed E-state index contributed by atoms with van der Waals surface area (Å²) in [6.45, 7) is 4.94. The first-order valence-electron chi connectivity index (χ1n) is 5.66. The van der Waals surface area contributed by atoms with Gasteiger partial charge in [0.25, 0.3) is 0 Å². The zero-order valence-electron chi connectivity index (χ0n) is 10.3. The summed E-state index contributed by atoms with van der Waals surface area (Å²) >= 11 is 9.42. The van der Waals surface area contributed by atoms with Crippen LogP contribution in [0.15, 0.2) is 34.9 Å². The third kappa shape index (κ3) is 3.47. The van der Waals surface area contributed by atoms with Gasteiger partial charge in [0.15, 0.2) is 5.15 Å². The van der Waals surface area contributed by atoms with E-state index in [0.717, 1.165) is 16.7 Å². The number of pyridine rings is 1. The first-order chi connectivity index (χ1) is 8.54. The number of aryl methyl sites for hydroxylation is 2. The lowest BCUT2D eigenvalue weighted by Gasteiger charge is -2.09. The maximum Gasteiger partial charge on any atom is 0.152 e. The standard InChI is InChI=1S/C14H14BrClN2/c1-9-3-10(2)5-11(4-9)7-17-13-6-12(15)8-18-14(13)16/h3-6,8,17H,7H2,1-2H3. The second-order valence-electron chi connectivity index (χ2n) is 4.34. The SMILES string of the molecule is Cc1cc(C)cc(CNc2cc(Br)cnc2Cl)c1. The number of hydrogen-bond acceptors (Lipinski definition) is 2. The number of aromatic nitrogens is 1. The molecule has 0 saturated carbocycles. The van der Waals surface area contributed by atoms with E-state index in [2.05, 4.69) is 58.3 Å². The average Bonchev–Trinajstić information content (AvgIpc) is 2.29. The third-order valence-corrected chi connectivity index (χ3v) is 3.30. The highest BCUT2D eigenvalue weighted by atomic mass is 79.9. The molecular formula is C14H14BrClN2. The number of anilines is 1. The average molecular weight is 326 g/mol. The maximum absolute atomic E-state index is 6.03. The highest BCUT2D eigenvalue weighted by Crippen LogP contribution is 2.23. The number of halogens is 2. The van der Waals surface area contributed by atoms with Gasteiger partial charge >= 0.3 is 0 Å². The summed E-state index contributed by atoms with van der Waals surface area (Å²) < 4.78 is 0.912. The minimum atomic E-state index is 0.488. The molecule has 1 N–H and O–H groups in total. The van der Waals surface area contributed by atoms with Crippen molar-refractivity contribution in [3.8, 4) is 0 Å². The Bertz CT molecular complexity index is 549. The molecular weight excluding hydrogens is 312 g/mol. The van der Waals surface area contributed by atoms with Crippen molar-refractivity contribution in [3.63, 3.8) is 0 Å². The van der Waals surface area contributed by atoms with Crippen LogP contribution in [0.1, 0.15) is 16.7 Å². The largest absolute Gasteiger partial charge is 0.378 e. The maximum atomic E-state index is 6.03. The molecule has 0 amide bonds. The summed E-state index contributed by atoms with van der Waals surface area (Å²) in [5, 5.41) is 3.79. The van der Waals surface area contributed by atoms with E-state index in [1.165, 1.54) is 16.7 Å². The minimum absolute atomic E-state index is 0.488. The Morgan fingerprint density at radius 3 is 2.50 bits per heavy atom. The van der Waals surface area contributed by atoms with Gasteiger partial charge in [0.1, 0.15) is 0 Å². The molecule has 0 bridgehead atoms. The van der Waals surface area contributed by atoms with E-state index < -0.39 is 0 Å². The zero-order chi connectivity index (χ0) is 13.1. The fourth-order valence-electron chi connectivity index (χ4n) is 1.91. The fraction of sp³-hybridized carbons (Fsp3) is 0.214. The number of nitrogens with one attached hydrogen (secondary N) is 1. The molecule has 1 heterocycles. The molecule has 0 atom stereocenters. The monoisotopic (exact) mass is 324 g/mol. The van der Waals surface area contributed by atoms with Crippen LogP contribution in [0.5, 0.6) is 0 Å². The van der Waals surface area contributed by atoms with E-state index in [1.54, 1.807) is 6.20 Å². The molecule has 4 heteroatoms. The van der Waals surface area contributed by atoms with Crippen molar-refractivity contribution in [1.82, 2.24) is 4.98 Å². The molecule has 1 aromatic carbocycles. The molecule has 0 aliphatic carbocycles. The minimum Gasteiger partial charge on any atom is -0.378 e. The predicted octanol–water partition coefficient (Wildman–Crippen LogP) is 4.73. The van der Waals surface area contributed by atoms with Gasteiger partial charge in [-0.05, 0) is 41.4 Å². The van der Waals surface area contributed by atoms with Gasteiger partial charge < -0.3 is 5.32 Å². The van der Waals surface area contributed by atoms with Crippen LogP contribution in [-0.2, 0) is 6.54 Å². The van der Waals surface area contributed by atoms with Crippen molar-refractivity contribution in [2.45, 2.75) is 20.4 Å². The Hall–Kier alpha value is -1.06. The second-order valence-corrected chi connectivity index (χ2v) is 5.62. The molecule has 0 aliphatic rings. The van der Waals surface area contributed by atoms with Gasteiger partial charge in [-0.2, -0.15) is 0 Å². The Morgan fingerprint density at radius 1 is 1.17 bits per heavy atom. The lowest BCUT2D eigenvalue weighted by molar-refractivity contribution is 1.12. The Morgan fingerprint density at radius 2 is 1.83 bits per heavy atom. The number of hydrogen-bond donors (Lipinski definition) is 1. The van der Waals surface area contributed by atoms with Gasteiger partial charge in [-0.3, -0.25) is 0 Å². The van der Waals surface area contributed by atoms with Crippen LogP contribution in [0, 0.1) is 13.8 Å². The predicted molar refractivity (Wildman–Crippen MR) is 80.2 cm³/mol. The quantitative estimate of drug-likeness (QED) is 0.825. The van der Waals surface area contributed by atoms with Gasteiger partial charge in [-0.15, -0.1) is 0 Å². The van der Waals surface area contributed by atoms with Crippen LogP contribution in [0.4, 0.5) is 5.69 Å². The Balaban J connectivity index is 2.13. The van der Waals surface area contributed by atoms with E-state index >= 15 is 0 Å². The molecule has 2 aromatic rings. The molecule has 0 spiro atoms. The van der Waals surface area contributed by atoms with Gasteiger partial charge in [-0.25, -0.2) is 4.98 Å². The van der Waals surface area contributed by atoms with Gasteiger partial charge in [0, 0.05) is 17.2 Å². The topological polar surface area (TPSA) is 24.9 Å². The first kappa shape index (κ1) is 13.4. The summed E-state index contributed by atoms with van der Waals surface area (Å²) in [4.78, 5) is 4.08. The molecule has 0 fully saturated rings. The van der Waals surface area contributed by atoms with Crippen LogP contribution in [0.2, 0.25) is 5.15 Å². The summed E-state index contributed by atoms with van der Waals surface area (Å²) in [7, 11) is 0. The van der Waals surface area contributed by atoms with Crippen LogP contribution in [0.25, 0.3) is 0 Å². The highest BCUT2D eigenvalue weighted by molar-refractivity contribution is 9.10. The van der Waals surface area contributed by atoms with Gasteiger partial charge in [-0.1, -0.05) is 40.9 Å². The second kappa shape index (κ2) is 5.72. The molecule has 94 valence electrons. The zero-order valence-corrected chi connectivity index (χ0v) is 12.6. The van der Waals surface area contributed by atoms with Gasteiger partial charge in [0.05, 0.1) is 5.69 Å². The van der Waals surface area contributed by atoms with E-state index in [-0.39, 0.29) is 0 Å². The van der Waals surface area contributed by atoms with E-state index in [4.69, 9.17) is 11.6 Å². The van der Waals surface area contributed by atoms with Crippen molar-refractivity contribution in [2.24, 2.45) is 0 Å². The van der Waals surface area contributed by atoms with Crippen molar-refractivity contribution in [2.75, 3.05) is 5.32 Å². The number of benzene rings is 1. The fourth-order valence-corrected chi connectivity index (χ4v) is 2.42. The molecule has 0 aliphatic heterocycles. The Labute approximate surface area is 121 Å². The van der Waals surface area contributed by atoms with Crippen molar-refractivity contribution in [1.29, 1.82) is 0 Å². The molecule has 1 aromatic heterocycles. The smallest absolute Gasteiger partial charge is 0.152 e. The van der Waals surface area contributed by atoms with Crippen molar-refractivity contribution >= 4 is 33.2 Å². The first-order valence-corrected chi connectivity index (χ1v) is 6.84. The van der Waals surface area contributed by atoms with E-state index in [1.807, 2.05) is 6.07 Å². The van der Waals surface area contributed by atoms with Crippen LogP contribution in [0.3, 0.4) is 0 Å². The molecule has 0 radical (unpaired) electrons. The lowest BCUT2D eigenvalue weighted by Crippen LogP contribution is -2.01.